The highest BCUT2D eigenvalue weighted by Gasteiger charge is 1.96. The van der Waals surface area contributed by atoms with E-state index in [1.807, 2.05) is 0 Å². The van der Waals surface area contributed by atoms with Gasteiger partial charge in [0.2, 0.25) is 5.95 Å². The van der Waals surface area contributed by atoms with Gasteiger partial charge in [-0.15, -0.1) is 5.11 Å². The van der Waals surface area contributed by atoms with Gasteiger partial charge in [0.25, 0.3) is 0 Å². The van der Waals surface area contributed by atoms with Gasteiger partial charge < -0.3 is 11.5 Å². The summed E-state index contributed by atoms with van der Waals surface area (Å²) in [5.41, 5.74) is 10.6. The normalized spacial score (nSPS) is 10.6. The van der Waals surface area contributed by atoms with Crippen LogP contribution < -0.4 is 11.5 Å². The van der Waals surface area contributed by atoms with Gasteiger partial charge in [0.05, 0.1) is 0 Å². The molecular formula is C5H8N6. The number of azo groups is 1. The van der Waals surface area contributed by atoms with Crippen LogP contribution in [0.15, 0.2) is 16.3 Å². The smallest absolute Gasteiger partial charge is 0.224 e. The van der Waals surface area contributed by atoms with E-state index in [0.717, 1.165) is 0 Å². The van der Waals surface area contributed by atoms with Gasteiger partial charge in [-0.25, -0.2) is 0 Å². The van der Waals surface area contributed by atoms with Crippen LogP contribution in [0.2, 0.25) is 0 Å². The van der Waals surface area contributed by atoms with Crippen molar-refractivity contribution in [2.45, 2.75) is 0 Å². The molecule has 0 spiro atoms. The number of hydrogen-bond acceptors (Lipinski definition) is 6. The van der Waals surface area contributed by atoms with Crippen molar-refractivity contribution in [3.05, 3.63) is 6.07 Å². The van der Waals surface area contributed by atoms with E-state index in [1.165, 1.54) is 13.1 Å². The molecule has 1 rings (SSSR count). The van der Waals surface area contributed by atoms with Crippen molar-refractivity contribution >= 4 is 17.6 Å². The lowest BCUT2D eigenvalue weighted by Crippen LogP contribution is -1.98. The number of nitrogens with zero attached hydrogens (tertiary/aromatic N) is 4. The van der Waals surface area contributed by atoms with Crippen LogP contribution in [0.5, 0.6) is 0 Å². The molecule has 0 aliphatic heterocycles. The van der Waals surface area contributed by atoms with Gasteiger partial charge in [0.15, 0.2) is 5.82 Å². The van der Waals surface area contributed by atoms with Crippen LogP contribution in [-0.2, 0) is 0 Å². The van der Waals surface area contributed by atoms with Gasteiger partial charge in [-0.3, -0.25) is 0 Å². The average molecular weight is 152 g/mol. The quantitative estimate of drug-likeness (QED) is 0.567. The summed E-state index contributed by atoms with van der Waals surface area (Å²) in [6.07, 6.45) is 0. The van der Waals surface area contributed by atoms with Crippen molar-refractivity contribution in [1.29, 1.82) is 0 Å². The van der Waals surface area contributed by atoms with Crippen molar-refractivity contribution in [3.63, 3.8) is 0 Å². The van der Waals surface area contributed by atoms with Gasteiger partial charge in [-0.2, -0.15) is 15.1 Å². The third kappa shape index (κ3) is 1.85. The van der Waals surface area contributed by atoms with Crippen LogP contribution in [-0.4, -0.2) is 17.0 Å². The van der Waals surface area contributed by atoms with E-state index in [2.05, 4.69) is 20.2 Å². The molecule has 0 bridgehead atoms. The maximum Gasteiger partial charge on any atom is 0.224 e. The summed E-state index contributed by atoms with van der Waals surface area (Å²) >= 11 is 0. The molecule has 4 N–H and O–H groups in total. The Bertz CT molecular complexity index is 260. The number of anilines is 2. The van der Waals surface area contributed by atoms with Crippen molar-refractivity contribution in [1.82, 2.24) is 9.97 Å². The standard InChI is InChI=1S/C5H8N6/c1-8-11-4-2-3(6)9-5(7)10-4/h2H,1H3,(H4,6,7,9,10). The Hall–Kier alpha value is -1.72. The summed E-state index contributed by atoms with van der Waals surface area (Å²) in [5, 5.41) is 7.15. The fourth-order valence-electron chi connectivity index (χ4n) is 0.625. The van der Waals surface area contributed by atoms with Crippen LogP contribution in [0.4, 0.5) is 17.6 Å². The molecule has 58 valence electrons. The second kappa shape index (κ2) is 2.91. The van der Waals surface area contributed by atoms with E-state index in [1.54, 1.807) is 0 Å². The van der Waals surface area contributed by atoms with Crippen molar-refractivity contribution in [3.8, 4) is 0 Å². The van der Waals surface area contributed by atoms with Gasteiger partial charge in [0.1, 0.15) is 5.82 Å². The molecule has 1 heterocycles. The van der Waals surface area contributed by atoms with Crippen LogP contribution in [0.25, 0.3) is 0 Å². The Kier molecular flexibility index (Phi) is 1.95. The lowest BCUT2D eigenvalue weighted by molar-refractivity contribution is 1.09. The van der Waals surface area contributed by atoms with Crippen LogP contribution in [0.1, 0.15) is 0 Å². The summed E-state index contributed by atoms with van der Waals surface area (Å²) < 4.78 is 0. The number of hydrogen-bond donors (Lipinski definition) is 2. The Labute approximate surface area is 63.4 Å². The van der Waals surface area contributed by atoms with Gasteiger partial charge in [-0.1, -0.05) is 0 Å². The molecule has 0 saturated carbocycles. The van der Waals surface area contributed by atoms with Crippen molar-refractivity contribution < 1.29 is 0 Å². The molecule has 0 amide bonds. The lowest BCUT2D eigenvalue weighted by atomic mass is 10.5. The molecule has 11 heavy (non-hydrogen) atoms. The van der Waals surface area contributed by atoms with E-state index >= 15 is 0 Å². The minimum absolute atomic E-state index is 0.104. The molecule has 0 fully saturated rings. The van der Waals surface area contributed by atoms with E-state index in [4.69, 9.17) is 11.5 Å². The molecule has 0 radical (unpaired) electrons. The SMILES string of the molecule is CN=Nc1cc(N)nc(N)n1. The van der Waals surface area contributed by atoms with Crippen LogP contribution in [0, 0.1) is 0 Å². The Morgan fingerprint density at radius 2 is 2.09 bits per heavy atom. The minimum atomic E-state index is 0.104. The minimum Gasteiger partial charge on any atom is -0.383 e. The highest BCUT2D eigenvalue weighted by atomic mass is 15.2. The first-order chi connectivity index (χ1) is 5.22. The molecule has 0 saturated heterocycles. The Morgan fingerprint density at radius 3 is 2.64 bits per heavy atom. The average Bonchev–Trinajstić information content (AvgIpc) is 1.85. The first-order valence-corrected chi connectivity index (χ1v) is 2.92. The van der Waals surface area contributed by atoms with Crippen molar-refractivity contribution in [2.24, 2.45) is 10.2 Å². The molecule has 0 atom stereocenters. The fourth-order valence-corrected chi connectivity index (χ4v) is 0.625. The van der Waals surface area contributed by atoms with Gasteiger partial charge >= 0.3 is 0 Å². The molecule has 0 unspecified atom stereocenters. The first kappa shape index (κ1) is 7.39. The molecule has 6 heteroatoms. The van der Waals surface area contributed by atoms with E-state index < -0.39 is 0 Å². The molecule has 6 nitrogen and oxygen atoms in total. The second-order valence-corrected chi connectivity index (χ2v) is 1.81. The third-order valence-electron chi connectivity index (χ3n) is 0.952. The lowest BCUT2D eigenvalue weighted by Gasteiger charge is -1.95. The molecular weight excluding hydrogens is 144 g/mol. The predicted octanol–water partition coefficient (Wildman–Crippen LogP) is 0.355. The van der Waals surface area contributed by atoms with E-state index in [0.29, 0.717) is 11.6 Å². The summed E-state index contributed by atoms with van der Waals surface area (Å²) in [6.45, 7) is 0. The summed E-state index contributed by atoms with van der Waals surface area (Å²) in [4.78, 5) is 7.41. The number of aromatic nitrogens is 2. The monoisotopic (exact) mass is 152 g/mol. The summed E-state index contributed by atoms with van der Waals surface area (Å²) in [6, 6.07) is 1.49. The highest BCUT2D eigenvalue weighted by molar-refractivity contribution is 5.44. The molecule has 0 aliphatic carbocycles. The van der Waals surface area contributed by atoms with Gasteiger partial charge in [0, 0.05) is 13.1 Å². The second-order valence-electron chi connectivity index (χ2n) is 1.81. The summed E-state index contributed by atoms with van der Waals surface area (Å²) in [7, 11) is 1.54. The zero-order valence-corrected chi connectivity index (χ0v) is 6.02. The zero-order valence-electron chi connectivity index (χ0n) is 6.02. The molecule has 0 aliphatic rings. The van der Waals surface area contributed by atoms with E-state index in [-0.39, 0.29) is 5.95 Å². The zero-order chi connectivity index (χ0) is 8.27. The Morgan fingerprint density at radius 1 is 1.36 bits per heavy atom. The van der Waals surface area contributed by atoms with Crippen LogP contribution >= 0.6 is 0 Å². The highest BCUT2D eigenvalue weighted by Crippen LogP contribution is 2.12. The number of rotatable bonds is 1. The molecule has 0 aromatic carbocycles. The van der Waals surface area contributed by atoms with Crippen molar-refractivity contribution in [2.75, 3.05) is 18.5 Å². The third-order valence-corrected chi connectivity index (χ3v) is 0.952. The maximum absolute atomic E-state index is 5.36. The Balaban J connectivity index is 3.08. The topological polar surface area (TPSA) is 103 Å². The first-order valence-electron chi connectivity index (χ1n) is 2.92. The number of nitrogen functional groups attached to an aromatic ring is 2. The fraction of sp³-hybridized carbons (Fsp3) is 0.200. The predicted molar refractivity (Wildman–Crippen MR) is 41.3 cm³/mol. The van der Waals surface area contributed by atoms with E-state index in [9.17, 15) is 0 Å². The van der Waals surface area contributed by atoms with Gasteiger partial charge in [-0.05, 0) is 0 Å². The molecule has 1 aromatic rings. The summed E-state index contributed by atoms with van der Waals surface area (Å²) in [5.74, 6) is 0.768. The molecule has 1 aromatic heterocycles. The maximum atomic E-state index is 5.36. The number of nitrogens with two attached hydrogens (primary N) is 2. The van der Waals surface area contributed by atoms with Crippen LogP contribution in [0.3, 0.4) is 0 Å². The largest absolute Gasteiger partial charge is 0.383 e.